The number of rotatable bonds is 6. The molecule has 0 heterocycles. The van der Waals surface area contributed by atoms with E-state index < -0.39 is 0 Å². The molecule has 0 fully saturated rings. The minimum atomic E-state index is -0.209. The van der Waals surface area contributed by atoms with Gasteiger partial charge in [0.2, 0.25) is 0 Å². The number of para-hydroxylation sites is 1. The van der Waals surface area contributed by atoms with E-state index in [9.17, 15) is 4.39 Å². The zero-order valence-electron chi connectivity index (χ0n) is 11.6. The summed E-state index contributed by atoms with van der Waals surface area (Å²) in [6.07, 6.45) is 0.719. The molecule has 2 atom stereocenters. The summed E-state index contributed by atoms with van der Waals surface area (Å²) in [5, 5.41) is 0. The SMILES string of the molecule is COC(C)CN(C)c1c(F)cccc1CC(C)N. The summed E-state index contributed by atoms with van der Waals surface area (Å²) in [6, 6.07) is 5.15. The molecular weight excluding hydrogens is 231 g/mol. The maximum Gasteiger partial charge on any atom is 0.146 e. The van der Waals surface area contributed by atoms with Gasteiger partial charge in [-0.25, -0.2) is 4.39 Å². The molecule has 4 heteroatoms. The number of hydrogen-bond donors (Lipinski definition) is 1. The third kappa shape index (κ3) is 3.96. The first-order valence-corrected chi connectivity index (χ1v) is 6.22. The molecule has 0 aliphatic carbocycles. The van der Waals surface area contributed by atoms with Crippen LogP contribution in [0, 0.1) is 5.82 Å². The van der Waals surface area contributed by atoms with Gasteiger partial charge in [0, 0.05) is 26.7 Å². The van der Waals surface area contributed by atoms with Gasteiger partial charge in [0.15, 0.2) is 0 Å². The highest BCUT2D eigenvalue weighted by Gasteiger charge is 2.15. The highest BCUT2D eigenvalue weighted by atomic mass is 19.1. The molecule has 1 aromatic rings. The van der Waals surface area contributed by atoms with Crippen LogP contribution in [0.3, 0.4) is 0 Å². The summed E-state index contributed by atoms with van der Waals surface area (Å²) in [7, 11) is 3.53. The van der Waals surface area contributed by atoms with Crippen molar-refractivity contribution < 1.29 is 9.13 Å². The second kappa shape index (κ2) is 6.71. The van der Waals surface area contributed by atoms with Crippen molar-refractivity contribution in [1.29, 1.82) is 0 Å². The molecule has 102 valence electrons. The van der Waals surface area contributed by atoms with Gasteiger partial charge < -0.3 is 15.4 Å². The molecule has 0 aromatic heterocycles. The van der Waals surface area contributed by atoms with Crippen molar-refractivity contribution in [2.24, 2.45) is 5.73 Å². The number of anilines is 1. The van der Waals surface area contributed by atoms with Gasteiger partial charge in [-0.3, -0.25) is 0 Å². The van der Waals surface area contributed by atoms with Gasteiger partial charge >= 0.3 is 0 Å². The van der Waals surface area contributed by atoms with Crippen molar-refractivity contribution in [1.82, 2.24) is 0 Å². The van der Waals surface area contributed by atoms with E-state index in [1.54, 1.807) is 13.2 Å². The Morgan fingerprint density at radius 2 is 2.06 bits per heavy atom. The average molecular weight is 254 g/mol. The predicted octanol–water partition coefficient (Wildman–Crippen LogP) is 2.19. The fourth-order valence-electron chi connectivity index (χ4n) is 2.05. The number of nitrogens with two attached hydrogens (primary N) is 1. The normalized spacial score (nSPS) is 14.3. The molecule has 2 N–H and O–H groups in total. The van der Waals surface area contributed by atoms with Crippen molar-refractivity contribution in [2.45, 2.75) is 32.4 Å². The highest BCUT2D eigenvalue weighted by Crippen LogP contribution is 2.24. The zero-order valence-corrected chi connectivity index (χ0v) is 11.6. The average Bonchev–Trinajstić information content (AvgIpc) is 2.27. The van der Waals surface area contributed by atoms with Crippen molar-refractivity contribution >= 4 is 5.69 Å². The molecule has 1 aromatic carbocycles. The molecule has 0 saturated heterocycles. The minimum absolute atomic E-state index is 0.0128. The van der Waals surface area contributed by atoms with Gasteiger partial charge in [0.25, 0.3) is 0 Å². The van der Waals surface area contributed by atoms with E-state index in [0.29, 0.717) is 18.7 Å². The maximum absolute atomic E-state index is 14.0. The molecule has 18 heavy (non-hydrogen) atoms. The third-order valence-corrected chi connectivity index (χ3v) is 2.93. The van der Waals surface area contributed by atoms with Crippen LogP contribution in [0.4, 0.5) is 10.1 Å². The first-order chi connectivity index (χ1) is 8.45. The topological polar surface area (TPSA) is 38.5 Å². The summed E-state index contributed by atoms with van der Waals surface area (Å²) < 4.78 is 19.2. The molecule has 0 amide bonds. The van der Waals surface area contributed by atoms with Crippen LogP contribution in [0.25, 0.3) is 0 Å². The second-order valence-corrected chi connectivity index (χ2v) is 4.86. The van der Waals surface area contributed by atoms with Gasteiger partial charge in [-0.05, 0) is 31.9 Å². The van der Waals surface area contributed by atoms with Crippen LogP contribution < -0.4 is 10.6 Å². The van der Waals surface area contributed by atoms with E-state index in [1.165, 1.54) is 6.07 Å². The molecule has 0 aliphatic rings. The largest absolute Gasteiger partial charge is 0.380 e. The lowest BCUT2D eigenvalue weighted by Crippen LogP contribution is -2.30. The van der Waals surface area contributed by atoms with E-state index in [2.05, 4.69) is 0 Å². The predicted molar refractivity (Wildman–Crippen MR) is 73.5 cm³/mol. The van der Waals surface area contributed by atoms with E-state index in [0.717, 1.165) is 5.56 Å². The Morgan fingerprint density at radius 1 is 1.39 bits per heavy atom. The van der Waals surface area contributed by atoms with Crippen LogP contribution in [-0.4, -0.2) is 32.8 Å². The monoisotopic (exact) mass is 254 g/mol. The molecule has 0 spiro atoms. The Morgan fingerprint density at radius 3 is 2.61 bits per heavy atom. The Labute approximate surface area is 109 Å². The molecule has 0 saturated carbocycles. The Hall–Kier alpha value is -1.13. The molecule has 0 aliphatic heterocycles. The van der Waals surface area contributed by atoms with Crippen molar-refractivity contribution in [2.75, 3.05) is 25.6 Å². The molecule has 3 nitrogen and oxygen atoms in total. The third-order valence-electron chi connectivity index (χ3n) is 2.93. The van der Waals surface area contributed by atoms with Crippen LogP contribution in [0.1, 0.15) is 19.4 Å². The number of nitrogens with zero attached hydrogens (tertiary/aromatic N) is 1. The minimum Gasteiger partial charge on any atom is -0.380 e. The molecular formula is C14H23FN2O. The summed E-state index contributed by atoms with van der Waals surface area (Å²) in [4.78, 5) is 1.89. The summed E-state index contributed by atoms with van der Waals surface area (Å²) in [5.74, 6) is -0.209. The number of ether oxygens (including phenoxy) is 1. The van der Waals surface area contributed by atoms with Crippen LogP contribution >= 0.6 is 0 Å². The van der Waals surface area contributed by atoms with Crippen molar-refractivity contribution in [3.8, 4) is 0 Å². The van der Waals surface area contributed by atoms with E-state index in [1.807, 2.05) is 31.9 Å². The summed E-state index contributed by atoms with van der Waals surface area (Å²) in [5.41, 5.74) is 7.37. The number of methoxy groups -OCH3 is 1. The van der Waals surface area contributed by atoms with Crippen LogP contribution in [-0.2, 0) is 11.2 Å². The quantitative estimate of drug-likeness (QED) is 0.845. The first kappa shape index (κ1) is 14.9. The van der Waals surface area contributed by atoms with Gasteiger partial charge in [0.1, 0.15) is 5.82 Å². The second-order valence-electron chi connectivity index (χ2n) is 4.86. The molecule has 1 rings (SSSR count). The summed E-state index contributed by atoms with van der Waals surface area (Å²) >= 11 is 0. The highest BCUT2D eigenvalue weighted by molar-refractivity contribution is 5.54. The van der Waals surface area contributed by atoms with E-state index in [4.69, 9.17) is 10.5 Å². The smallest absolute Gasteiger partial charge is 0.146 e. The van der Waals surface area contributed by atoms with Crippen LogP contribution in [0.15, 0.2) is 18.2 Å². The lowest BCUT2D eigenvalue weighted by atomic mass is 10.0. The van der Waals surface area contributed by atoms with Gasteiger partial charge in [-0.15, -0.1) is 0 Å². The van der Waals surface area contributed by atoms with Crippen LogP contribution in [0.2, 0.25) is 0 Å². The lowest BCUT2D eigenvalue weighted by molar-refractivity contribution is 0.124. The maximum atomic E-state index is 14.0. The Bertz CT molecular complexity index is 382. The molecule has 0 radical (unpaired) electrons. The number of benzene rings is 1. The molecule has 2 unspecified atom stereocenters. The van der Waals surface area contributed by atoms with Gasteiger partial charge in [0.05, 0.1) is 11.8 Å². The Balaban J connectivity index is 2.97. The Kier molecular flexibility index (Phi) is 5.56. The lowest BCUT2D eigenvalue weighted by Gasteiger charge is -2.26. The van der Waals surface area contributed by atoms with Crippen molar-refractivity contribution in [3.63, 3.8) is 0 Å². The van der Waals surface area contributed by atoms with Crippen LogP contribution in [0.5, 0.6) is 0 Å². The first-order valence-electron chi connectivity index (χ1n) is 6.22. The van der Waals surface area contributed by atoms with Gasteiger partial charge in [-0.2, -0.15) is 0 Å². The fraction of sp³-hybridized carbons (Fsp3) is 0.571. The molecule has 0 bridgehead atoms. The summed E-state index contributed by atoms with van der Waals surface area (Å²) in [6.45, 7) is 4.53. The standard InChI is InChI=1S/C14H23FN2O/c1-10(16)8-12-6-5-7-13(15)14(12)17(3)9-11(2)18-4/h5-7,10-11H,8-9,16H2,1-4H3. The number of hydrogen-bond acceptors (Lipinski definition) is 3. The van der Waals surface area contributed by atoms with Gasteiger partial charge in [-0.1, -0.05) is 12.1 Å². The number of halogens is 1. The van der Waals surface area contributed by atoms with E-state index in [-0.39, 0.29) is 18.0 Å². The number of likely N-dealkylation sites (N-methyl/N-ethyl adjacent to an activating group) is 1. The van der Waals surface area contributed by atoms with Crippen molar-refractivity contribution in [3.05, 3.63) is 29.6 Å². The van der Waals surface area contributed by atoms with E-state index >= 15 is 0 Å². The fourth-order valence-corrected chi connectivity index (χ4v) is 2.05. The zero-order chi connectivity index (χ0) is 13.7.